The number of nitrogens with zero attached hydrogens (tertiary/aromatic N) is 2. The Kier molecular flexibility index (Phi) is 4.93. The maximum absolute atomic E-state index is 11.8. The molecule has 0 saturated carbocycles. The van der Waals surface area contributed by atoms with Crippen molar-refractivity contribution < 1.29 is 22.4 Å². The summed E-state index contributed by atoms with van der Waals surface area (Å²) in [6, 6.07) is 0. The molecule has 0 aromatic carbocycles. The second-order valence-electron chi connectivity index (χ2n) is 3.02. The minimum Gasteiger partial charge on any atom is -0.364 e. The van der Waals surface area contributed by atoms with Crippen LogP contribution < -0.4 is 5.32 Å². The largest absolute Gasteiger partial charge is 0.411 e. The summed E-state index contributed by atoms with van der Waals surface area (Å²) in [7, 11) is 0. The maximum atomic E-state index is 11.8. The van der Waals surface area contributed by atoms with Crippen LogP contribution in [0.3, 0.4) is 0 Å². The average molecular weight is 249 g/mol. The molecule has 8 heteroatoms. The molecule has 1 rings (SSSR count). The van der Waals surface area contributed by atoms with Crippen LogP contribution in [0.15, 0.2) is 4.52 Å². The molecule has 0 amide bonds. The molecule has 1 heterocycles. The fraction of sp³-hybridized carbons (Fsp3) is 0.556. The van der Waals surface area contributed by atoms with E-state index in [1.165, 1.54) is 0 Å². The summed E-state index contributed by atoms with van der Waals surface area (Å²) in [5.41, 5.74) is 0. The fourth-order valence-electron chi connectivity index (χ4n) is 0.920. The van der Waals surface area contributed by atoms with Crippen LogP contribution in [0, 0.1) is 12.3 Å². The highest BCUT2D eigenvalue weighted by Crippen LogP contribution is 2.15. The van der Waals surface area contributed by atoms with Crippen molar-refractivity contribution in [3.8, 4) is 12.3 Å². The van der Waals surface area contributed by atoms with E-state index < -0.39 is 12.8 Å². The summed E-state index contributed by atoms with van der Waals surface area (Å²) in [6.45, 7) is -1.09. The summed E-state index contributed by atoms with van der Waals surface area (Å²) in [5, 5.41) is 6.24. The normalized spacial score (nSPS) is 11.4. The summed E-state index contributed by atoms with van der Waals surface area (Å²) in [5.74, 6) is 2.65. The predicted octanol–water partition coefficient (Wildman–Crippen LogP) is 0.871. The standard InChI is InChI=1S/C9H10F3N3O2/c1-2-3-13-4-8-14-7(15-17-8)5-16-6-9(10,11)12/h1,13H,3-6H2. The van der Waals surface area contributed by atoms with Crippen molar-refractivity contribution in [1.82, 2.24) is 15.5 Å². The Bertz CT molecular complexity index is 384. The minimum absolute atomic E-state index is 0.0618. The zero-order chi connectivity index (χ0) is 12.7. The molecule has 0 unspecified atom stereocenters. The van der Waals surface area contributed by atoms with Gasteiger partial charge in [0, 0.05) is 0 Å². The quantitative estimate of drug-likeness (QED) is 0.598. The summed E-state index contributed by atoms with van der Waals surface area (Å²) in [4.78, 5) is 3.80. The number of hydrogen-bond acceptors (Lipinski definition) is 5. The lowest BCUT2D eigenvalue weighted by Gasteiger charge is -2.04. The first-order chi connectivity index (χ1) is 8.01. The lowest BCUT2D eigenvalue weighted by atomic mass is 10.5. The summed E-state index contributed by atoms with van der Waals surface area (Å²) < 4.78 is 44.4. The van der Waals surface area contributed by atoms with Gasteiger partial charge in [-0.05, 0) is 0 Å². The van der Waals surface area contributed by atoms with Gasteiger partial charge in [-0.2, -0.15) is 18.2 Å². The van der Waals surface area contributed by atoms with Gasteiger partial charge in [0.05, 0.1) is 13.1 Å². The molecule has 0 bridgehead atoms. The number of rotatable bonds is 6. The molecule has 0 spiro atoms. The lowest BCUT2D eigenvalue weighted by Crippen LogP contribution is -2.17. The van der Waals surface area contributed by atoms with Gasteiger partial charge in [0.25, 0.3) is 0 Å². The average Bonchev–Trinajstić information content (AvgIpc) is 2.64. The van der Waals surface area contributed by atoms with E-state index in [9.17, 15) is 13.2 Å². The van der Waals surface area contributed by atoms with Crippen LogP contribution in [-0.2, 0) is 17.9 Å². The number of alkyl halides is 3. The number of aromatic nitrogens is 2. The first-order valence-electron chi connectivity index (χ1n) is 4.61. The molecule has 1 N–H and O–H groups in total. The van der Waals surface area contributed by atoms with Crippen LogP contribution >= 0.6 is 0 Å². The van der Waals surface area contributed by atoms with Gasteiger partial charge in [-0.3, -0.25) is 5.32 Å². The predicted molar refractivity (Wildman–Crippen MR) is 50.5 cm³/mol. The van der Waals surface area contributed by atoms with Crippen molar-refractivity contribution in [2.24, 2.45) is 0 Å². The molecule has 17 heavy (non-hydrogen) atoms. The third-order valence-electron chi connectivity index (χ3n) is 1.51. The number of ether oxygens (including phenoxy) is 1. The van der Waals surface area contributed by atoms with Crippen LogP contribution in [0.1, 0.15) is 11.7 Å². The summed E-state index contributed by atoms with van der Waals surface area (Å²) >= 11 is 0. The topological polar surface area (TPSA) is 60.2 Å². The number of halogens is 3. The second-order valence-corrected chi connectivity index (χ2v) is 3.02. The van der Waals surface area contributed by atoms with Crippen molar-refractivity contribution in [1.29, 1.82) is 0 Å². The molecule has 1 aromatic rings. The van der Waals surface area contributed by atoms with Gasteiger partial charge in [-0.25, -0.2) is 0 Å². The fourth-order valence-corrected chi connectivity index (χ4v) is 0.920. The molecule has 5 nitrogen and oxygen atoms in total. The smallest absolute Gasteiger partial charge is 0.364 e. The van der Waals surface area contributed by atoms with Gasteiger partial charge < -0.3 is 9.26 Å². The molecule has 0 aliphatic heterocycles. The van der Waals surface area contributed by atoms with Gasteiger partial charge in [-0.1, -0.05) is 11.1 Å². The third-order valence-corrected chi connectivity index (χ3v) is 1.51. The Morgan fingerprint density at radius 3 is 2.88 bits per heavy atom. The number of terminal acetylenes is 1. The first kappa shape index (κ1) is 13.5. The van der Waals surface area contributed by atoms with E-state index in [-0.39, 0.29) is 24.9 Å². The second kappa shape index (κ2) is 6.22. The van der Waals surface area contributed by atoms with Crippen molar-refractivity contribution in [3.63, 3.8) is 0 Å². The molecule has 1 aromatic heterocycles. The highest BCUT2D eigenvalue weighted by atomic mass is 19.4. The number of nitrogens with one attached hydrogen (secondary N) is 1. The molecular weight excluding hydrogens is 239 g/mol. The van der Waals surface area contributed by atoms with Crippen molar-refractivity contribution in [3.05, 3.63) is 11.7 Å². The van der Waals surface area contributed by atoms with Crippen molar-refractivity contribution in [2.45, 2.75) is 19.3 Å². The molecule has 0 saturated heterocycles. The molecule has 94 valence electrons. The van der Waals surface area contributed by atoms with E-state index in [2.05, 4.69) is 26.1 Å². The Morgan fingerprint density at radius 2 is 2.24 bits per heavy atom. The SMILES string of the molecule is C#CCNCc1nc(COCC(F)(F)F)no1. The monoisotopic (exact) mass is 249 g/mol. The van der Waals surface area contributed by atoms with Gasteiger partial charge in [-0.15, -0.1) is 6.42 Å². The Labute approximate surface area is 95.3 Å². The molecule has 0 atom stereocenters. The Hall–Kier alpha value is -1.59. The highest BCUT2D eigenvalue weighted by Gasteiger charge is 2.27. The molecule has 0 aliphatic rings. The van der Waals surface area contributed by atoms with Crippen LogP contribution in [-0.4, -0.2) is 29.5 Å². The Balaban J connectivity index is 2.29. The summed E-state index contributed by atoms with van der Waals surface area (Å²) in [6.07, 6.45) is 0.638. The molecular formula is C9H10F3N3O2. The van der Waals surface area contributed by atoms with Gasteiger partial charge in [0.15, 0.2) is 5.82 Å². The van der Waals surface area contributed by atoms with E-state index in [1.807, 2.05) is 0 Å². The van der Waals surface area contributed by atoms with Crippen LogP contribution in [0.2, 0.25) is 0 Å². The van der Waals surface area contributed by atoms with Crippen LogP contribution in [0.5, 0.6) is 0 Å². The minimum atomic E-state index is -4.36. The van der Waals surface area contributed by atoms with Crippen LogP contribution in [0.25, 0.3) is 0 Å². The van der Waals surface area contributed by atoms with Crippen molar-refractivity contribution in [2.75, 3.05) is 13.2 Å². The van der Waals surface area contributed by atoms with E-state index in [0.29, 0.717) is 6.54 Å². The van der Waals surface area contributed by atoms with Gasteiger partial charge in [0.1, 0.15) is 13.2 Å². The molecule has 0 radical (unpaired) electrons. The molecule has 0 fully saturated rings. The molecule has 0 aliphatic carbocycles. The van der Waals surface area contributed by atoms with E-state index in [4.69, 9.17) is 10.9 Å². The van der Waals surface area contributed by atoms with E-state index in [1.54, 1.807) is 0 Å². The maximum Gasteiger partial charge on any atom is 0.411 e. The zero-order valence-corrected chi connectivity index (χ0v) is 8.75. The Morgan fingerprint density at radius 1 is 1.47 bits per heavy atom. The zero-order valence-electron chi connectivity index (χ0n) is 8.75. The lowest BCUT2D eigenvalue weighted by molar-refractivity contribution is -0.177. The van der Waals surface area contributed by atoms with E-state index >= 15 is 0 Å². The number of hydrogen-bond donors (Lipinski definition) is 1. The first-order valence-corrected chi connectivity index (χ1v) is 4.61. The van der Waals surface area contributed by atoms with E-state index in [0.717, 1.165) is 0 Å². The van der Waals surface area contributed by atoms with Crippen molar-refractivity contribution >= 4 is 0 Å². The van der Waals surface area contributed by atoms with Crippen LogP contribution in [0.4, 0.5) is 13.2 Å². The highest BCUT2D eigenvalue weighted by molar-refractivity contribution is 4.89. The third kappa shape index (κ3) is 5.89. The van der Waals surface area contributed by atoms with Gasteiger partial charge in [0.2, 0.25) is 5.89 Å². The van der Waals surface area contributed by atoms with Gasteiger partial charge >= 0.3 is 6.18 Å².